The van der Waals surface area contributed by atoms with Crippen molar-refractivity contribution in [2.24, 2.45) is 0 Å². The number of rotatable bonds is 4. The summed E-state index contributed by atoms with van der Waals surface area (Å²) in [4.78, 5) is 14.4. The van der Waals surface area contributed by atoms with Crippen molar-refractivity contribution in [1.82, 2.24) is 5.32 Å². The Hall–Kier alpha value is -1.87. The second-order valence-electron chi connectivity index (χ2n) is 6.83. The van der Waals surface area contributed by atoms with Crippen molar-refractivity contribution < 1.29 is 26.0 Å². The minimum absolute atomic E-state index is 0.104. The number of esters is 1. The van der Waals surface area contributed by atoms with E-state index >= 15 is 0 Å². The van der Waals surface area contributed by atoms with Gasteiger partial charge in [0.25, 0.3) is 0 Å². The zero-order valence-corrected chi connectivity index (χ0v) is 15.6. The molecule has 0 amide bonds. The monoisotopic (exact) mass is 374 g/mol. The third-order valence-corrected chi connectivity index (χ3v) is 3.99. The van der Waals surface area contributed by atoms with Crippen LogP contribution in [0.5, 0.6) is 5.75 Å². The third-order valence-electron chi connectivity index (χ3n) is 3.61. The van der Waals surface area contributed by atoms with Crippen molar-refractivity contribution in [3.05, 3.63) is 23.3 Å². The molecule has 0 radical (unpaired) electrons. The lowest BCUT2D eigenvalue weighted by molar-refractivity contribution is 0.00692. The molecule has 25 heavy (non-hydrogen) atoms. The highest BCUT2D eigenvalue weighted by Crippen LogP contribution is 2.33. The summed E-state index contributed by atoms with van der Waals surface area (Å²) in [5.74, 6) is -0.857. The van der Waals surface area contributed by atoms with Crippen molar-refractivity contribution >= 4 is 22.2 Å². The zero-order valence-electron chi connectivity index (χ0n) is 14.8. The minimum Gasteiger partial charge on any atom is -0.456 e. The van der Waals surface area contributed by atoms with Crippen molar-refractivity contribution in [1.29, 1.82) is 0 Å². The first-order valence-corrected chi connectivity index (χ1v) is 9.25. The smallest absolute Gasteiger partial charge is 0.456 e. The molecule has 0 aliphatic carbocycles. The summed E-state index contributed by atoms with van der Waals surface area (Å²) in [6.45, 7) is 9.61. The van der Waals surface area contributed by atoms with Gasteiger partial charge in [-0.15, -0.1) is 0 Å². The second-order valence-corrected chi connectivity index (χ2v) is 7.79. The number of anilines is 1. The summed E-state index contributed by atoms with van der Waals surface area (Å²) in [6.07, 6.45) is 0. The predicted octanol–water partition coefficient (Wildman–Crippen LogP) is 1.95. The largest absolute Gasteiger partial charge is 0.488 e. The number of benzene rings is 1. The number of piperazine rings is 1. The number of nitrogens with zero attached hydrogens (tertiary/aromatic N) is 1. The van der Waals surface area contributed by atoms with E-state index < -0.39 is 22.1 Å². The molecular formula is C16H23FN2O5S. The fourth-order valence-electron chi connectivity index (χ4n) is 2.56. The molecule has 2 rings (SSSR count). The lowest BCUT2D eigenvalue weighted by atomic mass is 10.1. The fraction of sp³-hybridized carbons (Fsp3) is 0.562. The maximum atomic E-state index is 13.0. The minimum atomic E-state index is -5.21. The van der Waals surface area contributed by atoms with Crippen LogP contribution in [0.3, 0.4) is 0 Å². The van der Waals surface area contributed by atoms with Crippen LogP contribution in [0.4, 0.5) is 9.57 Å². The van der Waals surface area contributed by atoms with Crippen LogP contribution in [0.25, 0.3) is 0 Å². The number of nitrogens with one attached hydrogen (secondary N) is 1. The van der Waals surface area contributed by atoms with Gasteiger partial charge in [-0.2, -0.15) is 8.42 Å². The number of hydrogen-bond donors (Lipinski definition) is 1. The van der Waals surface area contributed by atoms with Crippen molar-refractivity contribution in [3.63, 3.8) is 0 Å². The molecular weight excluding hydrogens is 351 g/mol. The molecule has 1 aromatic rings. The van der Waals surface area contributed by atoms with Crippen LogP contribution in [0.15, 0.2) is 12.1 Å². The van der Waals surface area contributed by atoms with Gasteiger partial charge in [-0.3, -0.25) is 0 Å². The third kappa shape index (κ3) is 5.57. The first-order valence-electron chi connectivity index (χ1n) is 7.94. The van der Waals surface area contributed by atoms with E-state index in [1.807, 2.05) is 4.90 Å². The lowest BCUT2D eigenvalue weighted by Gasteiger charge is -2.31. The van der Waals surface area contributed by atoms with Crippen molar-refractivity contribution in [2.45, 2.75) is 33.3 Å². The molecule has 1 aliphatic heterocycles. The molecule has 1 N–H and O–H groups in total. The van der Waals surface area contributed by atoms with Gasteiger partial charge in [0.2, 0.25) is 0 Å². The van der Waals surface area contributed by atoms with Gasteiger partial charge < -0.3 is 19.1 Å². The van der Waals surface area contributed by atoms with Crippen LogP contribution in [0.2, 0.25) is 0 Å². The van der Waals surface area contributed by atoms with Crippen LogP contribution < -0.4 is 14.4 Å². The highest BCUT2D eigenvalue weighted by molar-refractivity contribution is 7.81. The van der Waals surface area contributed by atoms with E-state index in [9.17, 15) is 17.1 Å². The Balaban J connectivity index is 2.48. The Morgan fingerprint density at radius 1 is 1.24 bits per heavy atom. The summed E-state index contributed by atoms with van der Waals surface area (Å²) in [5, 5.41) is 3.20. The number of hydrogen-bond acceptors (Lipinski definition) is 7. The van der Waals surface area contributed by atoms with Crippen LogP contribution in [0.1, 0.15) is 36.7 Å². The molecule has 1 aromatic carbocycles. The van der Waals surface area contributed by atoms with Crippen LogP contribution in [-0.4, -0.2) is 46.2 Å². The van der Waals surface area contributed by atoms with Gasteiger partial charge in [0.05, 0.1) is 5.56 Å². The summed E-state index contributed by atoms with van der Waals surface area (Å²) in [7, 11) is -5.21. The van der Waals surface area contributed by atoms with Gasteiger partial charge in [-0.1, -0.05) is 3.89 Å². The van der Waals surface area contributed by atoms with Gasteiger partial charge in [-0.25, -0.2) is 4.79 Å². The van der Waals surface area contributed by atoms with Crippen molar-refractivity contribution in [2.75, 3.05) is 31.1 Å². The van der Waals surface area contributed by atoms with Crippen LogP contribution in [0, 0.1) is 6.92 Å². The van der Waals surface area contributed by atoms with Crippen LogP contribution in [-0.2, 0) is 15.2 Å². The molecule has 140 valence electrons. The maximum Gasteiger partial charge on any atom is 0.488 e. The number of ether oxygens (including phenoxy) is 1. The Morgan fingerprint density at radius 2 is 1.84 bits per heavy atom. The average molecular weight is 374 g/mol. The molecule has 7 nitrogen and oxygen atoms in total. The lowest BCUT2D eigenvalue weighted by Crippen LogP contribution is -2.43. The molecule has 1 aliphatic rings. The summed E-state index contributed by atoms with van der Waals surface area (Å²) >= 11 is 0. The zero-order chi connectivity index (χ0) is 18.8. The maximum absolute atomic E-state index is 13.0. The molecule has 0 aromatic heterocycles. The SMILES string of the molecule is Cc1c(OS(=O)(=O)F)cc(C(=O)OC(C)(C)C)cc1N1CCNCC1. The molecule has 0 unspecified atom stereocenters. The Bertz CT molecular complexity index is 753. The quantitative estimate of drug-likeness (QED) is 0.637. The summed E-state index contributed by atoms with van der Waals surface area (Å²) < 4.78 is 44.6. The molecule has 0 saturated carbocycles. The second kappa shape index (κ2) is 7.17. The Kier molecular flexibility index (Phi) is 5.58. The Morgan fingerprint density at radius 3 is 2.36 bits per heavy atom. The van der Waals surface area contributed by atoms with Gasteiger partial charge in [0.15, 0.2) is 5.75 Å². The molecule has 1 saturated heterocycles. The highest BCUT2D eigenvalue weighted by Gasteiger charge is 2.24. The summed E-state index contributed by atoms with van der Waals surface area (Å²) in [6, 6.07) is 2.80. The normalized spacial score (nSPS) is 15.8. The number of carbonyl (C=O) groups is 1. The topological polar surface area (TPSA) is 84.9 Å². The van der Waals surface area contributed by atoms with Gasteiger partial charge in [-0.05, 0) is 39.8 Å². The van der Waals surface area contributed by atoms with Gasteiger partial charge >= 0.3 is 16.5 Å². The number of halogens is 1. The molecule has 1 fully saturated rings. The van der Waals surface area contributed by atoms with E-state index in [0.29, 0.717) is 24.3 Å². The van der Waals surface area contributed by atoms with Crippen LogP contribution >= 0.6 is 0 Å². The van der Waals surface area contributed by atoms with E-state index in [2.05, 4.69) is 9.50 Å². The molecule has 9 heteroatoms. The Labute approximate surface area is 147 Å². The van der Waals surface area contributed by atoms with E-state index in [4.69, 9.17) is 4.74 Å². The average Bonchev–Trinajstić information content (AvgIpc) is 2.47. The molecule has 1 heterocycles. The van der Waals surface area contributed by atoms with E-state index in [1.54, 1.807) is 33.8 Å². The van der Waals surface area contributed by atoms with Gasteiger partial charge in [0, 0.05) is 37.4 Å². The van der Waals surface area contributed by atoms with Crippen molar-refractivity contribution in [3.8, 4) is 5.75 Å². The highest BCUT2D eigenvalue weighted by atomic mass is 32.3. The predicted molar refractivity (Wildman–Crippen MR) is 92.1 cm³/mol. The van der Waals surface area contributed by atoms with E-state index in [0.717, 1.165) is 13.1 Å². The standard InChI is InChI=1S/C16H23FN2O5S/c1-11-13(19-7-5-18-6-8-19)9-12(15(20)23-16(2,3)4)10-14(11)24-25(17,21)22/h9-10,18H,5-8H2,1-4H3. The molecule has 0 spiro atoms. The van der Waals surface area contributed by atoms with Gasteiger partial charge in [0.1, 0.15) is 5.60 Å². The first kappa shape index (κ1) is 19.5. The fourth-order valence-corrected chi connectivity index (χ4v) is 2.94. The first-order chi connectivity index (χ1) is 11.5. The molecule has 0 atom stereocenters. The summed E-state index contributed by atoms with van der Waals surface area (Å²) in [5.41, 5.74) is 0.441. The number of carbonyl (C=O) groups excluding carboxylic acids is 1. The molecule has 0 bridgehead atoms. The van der Waals surface area contributed by atoms with E-state index in [-0.39, 0.29) is 11.3 Å². The van der Waals surface area contributed by atoms with E-state index in [1.165, 1.54) is 6.07 Å².